The van der Waals surface area contributed by atoms with Gasteiger partial charge >= 0.3 is 0 Å². The quantitative estimate of drug-likeness (QED) is 0.810. The van der Waals surface area contributed by atoms with Crippen molar-refractivity contribution in [3.63, 3.8) is 0 Å². The van der Waals surface area contributed by atoms with E-state index in [4.69, 9.17) is 5.73 Å². The molecular formula is C16H26BrFN2. The first-order chi connectivity index (χ1) is 9.38. The van der Waals surface area contributed by atoms with Gasteiger partial charge in [0.1, 0.15) is 5.82 Å². The van der Waals surface area contributed by atoms with Gasteiger partial charge in [0.15, 0.2) is 0 Å². The summed E-state index contributed by atoms with van der Waals surface area (Å²) in [6.07, 6.45) is 1.75. The van der Waals surface area contributed by atoms with Crippen molar-refractivity contribution in [3.8, 4) is 0 Å². The van der Waals surface area contributed by atoms with Crippen molar-refractivity contribution in [1.29, 1.82) is 0 Å². The van der Waals surface area contributed by atoms with E-state index in [9.17, 15) is 4.39 Å². The molecule has 0 aromatic heterocycles. The van der Waals surface area contributed by atoms with E-state index in [1.807, 2.05) is 12.1 Å². The van der Waals surface area contributed by atoms with E-state index in [1.54, 1.807) is 0 Å². The van der Waals surface area contributed by atoms with Gasteiger partial charge in [-0.2, -0.15) is 0 Å². The van der Waals surface area contributed by atoms with Crippen LogP contribution in [0.5, 0.6) is 0 Å². The van der Waals surface area contributed by atoms with Crippen LogP contribution in [0.25, 0.3) is 0 Å². The van der Waals surface area contributed by atoms with Gasteiger partial charge in [0.05, 0.1) is 4.47 Å². The first-order valence-corrected chi connectivity index (χ1v) is 8.12. The average Bonchev–Trinajstić information content (AvgIpc) is 2.43. The Kier molecular flexibility index (Phi) is 6.62. The fourth-order valence-electron chi connectivity index (χ4n) is 2.81. The highest BCUT2D eigenvalue weighted by Crippen LogP contribution is 2.26. The summed E-state index contributed by atoms with van der Waals surface area (Å²) in [5.41, 5.74) is 7.51. The van der Waals surface area contributed by atoms with Crippen LogP contribution >= 0.6 is 15.9 Å². The molecule has 0 heterocycles. The number of nitrogens with zero attached hydrogens (tertiary/aromatic N) is 1. The van der Waals surface area contributed by atoms with Crippen LogP contribution in [0.3, 0.4) is 0 Å². The molecule has 0 aliphatic rings. The lowest BCUT2D eigenvalue weighted by molar-refractivity contribution is 0.0845. The molecule has 1 aromatic rings. The fourth-order valence-corrected chi connectivity index (χ4v) is 3.23. The molecule has 4 heteroatoms. The molecule has 114 valence electrons. The van der Waals surface area contributed by atoms with Gasteiger partial charge in [-0.1, -0.05) is 26.8 Å². The highest BCUT2D eigenvalue weighted by atomic mass is 79.9. The maximum atomic E-state index is 13.3. The summed E-state index contributed by atoms with van der Waals surface area (Å²) < 4.78 is 13.8. The molecule has 0 aliphatic carbocycles. The molecule has 0 fully saturated rings. The number of nitrogens with two attached hydrogens (primary N) is 1. The average molecular weight is 345 g/mol. The third kappa shape index (κ3) is 3.80. The number of likely N-dealkylation sites (N-methyl/N-ethyl adjacent to an activating group) is 1. The molecule has 0 radical (unpaired) electrons. The minimum absolute atomic E-state index is 0.0183. The van der Waals surface area contributed by atoms with Crippen LogP contribution in [0.15, 0.2) is 22.7 Å². The van der Waals surface area contributed by atoms with Crippen LogP contribution < -0.4 is 5.73 Å². The molecule has 2 atom stereocenters. The topological polar surface area (TPSA) is 29.3 Å². The lowest BCUT2D eigenvalue weighted by Gasteiger charge is -2.44. The van der Waals surface area contributed by atoms with Crippen molar-refractivity contribution in [1.82, 2.24) is 4.90 Å². The van der Waals surface area contributed by atoms with Gasteiger partial charge in [0.2, 0.25) is 0 Å². The highest BCUT2D eigenvalue weighted by Gasteiger charge is 2.34. The fraction of sp³-hybridized carbons (Fsp3) is 0.625. The molecule has 0 saturated heterocycles. The molecule has 2 N–H and O–H groups in total. The van der Waals surface area contributed by atoms with Gasteiger partial charge in [0, 0.05) is 11.6 Å². The van der Waals surface area contributed by atoms with Crippen LogP contribution in [0, 0.1) is 5.82 Å². The number of rotatable bonds is 7. The van der Waals surface area contributed by atoms with Crippen LogP contribution in [0.2, 0.25) is 0 Å². The van der Waals surface area contributed by atoms with E-state index >= 15 is 0 Å². The minimum atomic E-state index is -0.232. The van der Waals surface area contributed by atoms with Gasteiger partial charge < -0.3 is 5.73 Å². The second-order valence-electron chi connectivity index (χ2n) is 5.44. The number of halogens is 2. The molecular weight excluding hydrogens is 319 g/mol. The van der Waals surface area contributed by atoms with Crippen molar-refractivity contribution < 1.29 is 4.39 Å². The SMILES string of the molecule is CCN(CC)C(C)(CC)C(N)Cc1ccc(F)c(Br)c1. The van der Waals surface area contributed by atoms with Gasteiger partial charge in [0.25, 0.3) is 0 Å². The maximum absolute atomic E-state index is 13.3. The van der Waals surface area contributed by atoms with Crippen LogP contribution in [0.1, 0.15) is 39.7 Å². The van der Waals surface area contributed by atoms with Crippen LogP contribution in [0.4, 0.5) is 4.39 Å². The first-order valence-electron chi connectivity index (χ1n) is 7.33. The smallest absolute Gasteiger partial charge is 0.137 e. The molecule has 2 unspecified atom stereocenters. The number of hydrogen-bond donors (Lipinski definition) is 1. The van der Waals surface area contributed by atoms with Gasteiger partial charge in [-0.25, -0.2) is 4.39 Å². The second kappa shape index (κ2) is 7.53. The summed E-state index contributed by atoms with van der Waals surface area (Å²) in [6, 6.07) is 5.16. The minimum Gasteiger partial charge on any atom is -0.326 e. The van der Waals surface area contributed by atoms with E-state index in [1.165, 1.54) is 6.07 Å². The van der Waals surface area contributed by atoms with Crippen molar-refractivity contribution in [2.75, 3.05) is 13.1 Å². The van der Waals surface area contributed by atoms with Gasteiger partial charge in [-0.05, 0) is 66.5 Å². The lowest BCUT2D eigenvalue weighted by Crippen LogP contribution is -2.58. The predicted octanol–water partition coefficient (Wildman–Crippen LogP) is 3.97. The third-order valence-corrected chi connectivity index (χ3v) is 5.05. The Balaban J connectivity index is 2.91. The Hall–Kier alpha value is -0.450. The summed E-state index contributed by atoms with van der Waals surface area (Å²) in [5.74, 6) is -0.232. The summed E-state index contributed by atoms with van der Waals surface area (Å²) >= 11 is 3.23. The lowest BCUT2D eigenvalue weighted by atomic mass is 9.84. The van der Waals surface area contributed by atoms with E-state index in [0.29, 0.717) is 4.47 Å². The standard InChI is InChI=1S/C16H26BrFN2/c1-5-16(4,20(6-2)7-3)15(19)11-12-8-9-14(18)13(17)10-12/h8-10,15H,5-7,11,19H2,1-4H3. The Bertz CT molecular complexity index is 434. The molecule has 0 saturated carbocycles. The normalized spacial score (nSPS) is 16.2. The molecule has 1 aromatic carbocycles. The number of hydrogen-bond acceptors (Lipinski definition) is 2. The maximum Gasteiger partial charge on any atom is 0.137 e. The Morgan fingerprint density at radius 1 is 1.30 bits per heavy atom. The second-order valence-corrected chi connectivity index (χ2v) is 6.30. The first kappa shape index (κ1) is 17.6. The largest absolute Gasteiger partial charge is 0.326 e. The molecule has 1 rings (SSSR count). The Morgan fingerprint density at radius 2 is 1.90 bits per heavy atom. The molecule has 0 aliphatic heterocycles. The monoisotopic (exact) mass is 344 g/mol. The Labute approximate surface area is 130 Å². The molecule has 20 heavy (non-hydrogen) atoms. The summed E-state index contributed by atoms with van der Waals surface area (Å²) in [7, 11) is 0. The number of benzene rings is 1. The molecule has 2 nitrogen and oxygen atoms in total. The molecule has 0 amide bonds. The molecule has 0 spiro atoms. The Morgan fingerprint density at radius 3 is 2.35 bits per heavy atom. The zero-order chi connectivity index (χ0) is 15.3. The van der Waals surface area contributed by atoms with Crippen LogP contribution in [-0.4, -0.2) is 29.6 Å². The predicted molar refractivity (Wildman–Crippen MR) is 87.4 cm³/mol. The van der Waals surface area contributed by atoms with E-state index in [0.717, 1.165) is 31.5 Å². The molecule has 0 bridgehead atoms. The highest BCUT2D eigenvalue weighted by molar-refractivity contribution is 9.10. The summed E-state index contributed by atoms with van der Waals surface area (Å²) in [5, 5.41) is 0. The van der Waals surface area contributed by atoms with E-state index in [2.05, 4.69) is 48.5 Å². The van der Waals surface area contributed by atoms with E-state index < -0.39 is 0 Å². The van der Waals surface area contributed by atoms with Crippen molar-refractivity contribution in [3.05, 3.63) is 34.1 Å². The third-order valence-electron chi connectivity index (χ3n) is 4.44. The zero-order valence-corrected chi connectivity index (χ0v) is 14.5. The van der Waals surface area contributed by atoms with Crippen LogP contribution in [-0.2, 0) is 6.42 Å². The summed E-state index contributed by atoms with van der Waals surface area (Å²) in [4.78, 5) is 2.41. The van der Waals surface area contributed by atoms with Crippen molar-refractivity contribution >= 4 is 15.9 Å². The van der Waals surface area contributed by atoms with Gasteiger partial charge in [-0.3, -0.25) is 4.90 Å². The van der Waals surface area contributed by atoms with Crippen molar-refractivity contribution in [2.24, 2.45) is 5.73 Å². The van der Waals surface area contributed by atoms with E-state index in [-0.39, 0.29) is 17.4 Å². The van der Waals surface area contributed by atoms with Gasteiger partial charge in [-0.15, -0.1) is 0 Å². The van der Waals surface area contributed by atoms with Crippen molar-refractivity contribution in [2.45, 2.75) is 52.1 Å². The summed E-state index contributed by atoms with van der Waals surface area (Å²) in [6.45, 7) is 10.7. The zero-order valence-electron chi connectivity index (χ0n) is 12.9.